The number of para-hydroxylation sites is 2. The third kappa shape index (κ3) is 4.96. The van der Waals surface area contributed by atoms with Crippen LogP contribution < -0.4 is 4.90 Å². The number of fused-ring (bicyclic) bond motifs is 6. The topological polar surface area (TPSA) is 34.2 Å². The lowest BCUT2D eigenvalue weighted by Crippen LogP contribution is -2.10. The van der Waals surface area contributed by atoms with Gasteiger partial charge in [0.2, 0.25) is 5.89 Å². The van der Waals surface area contributed by atoms with E-state index in [2.05, 4.69) is 179 Å². The van der Waals surface area contributed by atoms with Crippen LogP contribution in [0.1, 0.15) is 0 Å². The largest absolute Gasteiger partial charge is 0.436 e. The minimum Gasteiger partial charge on any atom is -0.436 e. The summed E-state index contributed by atoms with van der Waals surface area (Å²) < 4.78 is 8.66. The highest BCUT2D eigenvalue weighted by Gasteiger charge is 2.19. The Morgan fingerprint density at radius 1 is 0.431 bits per heavy atom. The van der Waals surface area contributed by atoms with Crippen LogP contribution in [0.3, 0.4) is 0 Å². The molecule has 0 atom stereocenters. The second-order valence-corrected chi connectivity index (χ2v) is 12.8. The predicted molar refractivity (Wildman–Crippen MR) is 211 cm³/mol. The van der Waals surface area contributed by atoms with E-state index in [1.54, 1.807) is 0 Å². The van der Waals surface area contributed by atoms with Crippen molar-refractivity contribution in [2.24, 2.45) is 0 Å². The van der Waals surface area contributed by atoms with Crippen LogP contribution in [0.2, 0.25) is 0 Å². The molecule has 4 heteroatoms. The number of aromatic nitrogens is 2. The maximum Gasteiger partial charge on any atom is 0.227 e. The van der Waals surface area contributed by atoms with Gasteiger partial charge < -0.3 is 13.9 Å². The van der Waals surface area contributed by atoms with Gasteiger partial charge in [-0.3, -0.25) is 0 Å². The van der Waals surface area contributed by atoms with Crippen molar-refractivity contribution in [3.8, 4) is 28.3 Å². The third-order valence-corrected chi connectivity index (χ3v) is 9.82. The van der Waals surface area contributed by atoms with Crippen LogP contribution in [-0.2, 0) is 0 Å². The van der Waals surface area contributed by atoms with Gasteiger partial charge in [0.15, 0.2) is 5.58 Å². The lowest BCUT2D eigenvalue weighted by molar-refractivity contribution is 0.620. The number of benzene rings is 8. The minimum atomic E-state index is 0.612. The smallest absolute Gasteiger partial charge is 0.227 e. The molecule has 8 aromatic carbocycles. The Morgan fingerprint density at radius 3 is 1.78 bits per heavy atom. The zero-order valence-electron chi connectivity index (χ0n) is 27.6. The van der Waals surface area contributed by atoms with Gasteiger partial charge in [-0.25, -0.2) is 4.98 Å². The molecule has 0 saturated carbocycles. The van der Waals surface area contributed by atoms with Crippen molar-refractivity contribution >= 4 is 60.7 Å². The monoisotopic (exact) mass is 653 g/mol. The van der Waals surface area contributed by atoms with E-state index in [1.807, 2.05) is 18.2 Å². The van der Waals surface area contributed by atoms with Gasteiger partial charge in [-0.05, 0) is 89.3 Å². The van der Waals surface area contributed by atoms with Crippen LogP contribution in [-0.4, -0.2) is 9.55 Å². The zero-order chi connectivity index (χ0) is 33.7. The molecule has 0 fully saturated rings. The highest BCUT2D eigenvalue weighted by molar-refractivity contribution is 6.10. The minimum absolute atomic E-state index is 0.612. The number of hydrogen-bond donors (Lipinski definition) is 0. The fourth-order valence-corrected chi connectivity index (χ4v) is 7.37. The molecule has 4 nitrogen and oxygen atoms in total. The molecule has 0 radical (unpaired) electrons. The van der Waals surface area contributed by atoms with Gasteiger partial charge in [0, 0.05) is 44.5 Å². The zero-order valence-corrected chi connectivity index (χ0v) is 27.6. The first-order valence-corrected chi connectivity index (χ1v) is 17.2. The van der Waals surface area contributed by atoms with E-state index in [9.17, 15) is 0 Å². The predicted octanol–water partition coefficient (Wildman–Crippen LogP) is 12.9. The molecule has 0 spiro atoms. The summed E-state index contributed by atoms with van der Waals surface area (Å²) in [5.41, 5.74) is 11.6. The standard InChI is InChI=1S/C47H31N3O/c1-3-11-32(12-4-1)33-19-24-37(25-20-33)49(38-26-21-35(22-27-38)47-48-46-40-16-8-7-13-34(40)23-30-45(46)51-47)39-28-29-42-41-17-9-10-18-43(41)50(44(42)31-39)36-14-5-2-6-15-36/h1-31H. The van der Waals surface area contributed by atoms with Crippen LogP contribution in [0.4, 0.5) is 17.1 Å². The molecule has 240 valence electrons. The SMILES string of the molecule is c1ccc(-c2ccc(N(c3ccc(-c4nc5c(ccc6ccccc65)o4)cc3)c3ccc4c5ccccc5n(-c5ccccc5)c4c3)cc2)cc1. The summed E-state index contributed by atoms with van der Waals surface area (Å²) in [4.78, 5) is 7.27. The quantitative estimate of drug-likeness (QED) is 0.179. The number of rotatable bonds is 6. The average Bonchev–Trinajstić information content (AvgIpc) is 3.79. The van der Waals surface area contributed by atoms with Crippen molar-refractivity contribution < 1.29 is 4.42 Å². The van der Waals surface area contributed by atoms with Gasteiger partial charge in [0.25, 0.3) is 0 Å². The Kier molecular flexibility index (Phi) is 6.78. The second-order valence-electron chi connectivity index (χ2n) is 12.8. The normalized spacial score (nSPS) is 11.5. The molecular weight excluding hydrogens is 623 g/mol. The summed E-state index contributed by atoms with van der Waals surface area (Å²) in [6.07, 6.45) is 0. The van der Waals surface area contributed by atoms with Crippen molar-refractivity contribution in [3.05, 3.63) is 188 Å². The molecule has 10 rings (SSSR count). The van der Waals surface area contributed by atoms with Gasteiger partial charge in [-0.2, -0.15) is 0 Å². The van der Waals surface area contributed by atoms with Crippen molar-refractivity contribution in [3.63, 3.8) is 0 Å². The number of oxazole rings is 1. The lowest BCUT2D eigenvalue weighted by Gasteiger charge is -2.26. The van der Waals surface area contributed by atoms with Gasteiger partial charge >= 0.3 is 0 Å². The van der Waals surface area contributed by atoms with Crippen molar-refractivity contribution in [1.82, 2.24) is 9.55 Å². The second kappa shape index (κ2) is 11.9. The fourth-order valence-electron chi connectivity index (χ4n) is 7.37. The van der Waals surface area contributed by atoms with E-state index >= 15 is 0 Å². The number of nitrogens with zero attached hydrogens (tertiary/aromatic N) is 3. The molecule has 0 aliphatic rings. The maximum atomic E-state index is 6.29. The first kappa shape index (κ1) is 29.0. The molecule has 2 heterocycles. The van der Waals surface area contributed by atoms with Gasteiger partial charge in [-0.1, -0.05) is 115 Å². The summed E-state index contributed by atoms with van der Waals surface area (Å²) >= 11 is 0. The first-order chi connectivity index (χ1) is 25.3. The Morgan fingerprint density at radius 2 is 1.02 bits per heavy atom. The molecular formula is C47H31N3O. The Labute approximate surface area is 295 Å². The van der Waals surface area contributed by atoms with E-state index in [-0.39, 0.29) is 0 Å². The van der Waals surface area contributed by atoms with Crippen LogP contribution in [0.5, 0.6) is 0 Å². The fraction of sp³-hybridized carbons (Fsp3) is 0. The average molecular weight is 654 g/mol. The van der Waals surface area contributed by atoms with Crippen LogP contribution in [0, 0.1) is 0 Å². The van der Waals surface area contributed by atoms with Crippen LogP contribution in [0.25, 0.3) is 71.9 Å². The van der Waals surface area contributed by atoms with E-state index in [4.69, 9.17) is 9.40 Å². The van der Waals surface area contributed by atoms with Gasteiger partial charge in [0.05, 0.1) is 11.0 Å². The number of anilines is 3. The Balaban J connectivity index is 1.12. The molecule has 10 aromatic rings. The molecule has 0 saturated heterocycles. The molecule has 0 bridgehead atoms. The van der Waals surface area contributed by atoms with E-state index in [1.165, 1.54) is 27.4 Å². The molecule has 0 aliphatic heterocycles. The highest BCUT2D eigenvalue weighted by atomic mass is 16.3. The summed E-state index contributed by atoms with van der Waals surface area (Å²) in [7, 11) is 0. The summed E-state index contributed by atoms with van der Waals surface area (Å²) in [5.74, 6) is 0.612. The molecule has 0 N–H and O–H groups in total. The van der Waals surface area contributed by atoms with Gasteiger partial charge in [0.1, 0.15) is 5.52 Å². The van der Waals surface area contributed by atoms with E-state index < -0.39 is 0 Å². The van der Waals surface area contributed by atoms with Crippen LogP contribution in [0.15, 0.2) is 192 Å². The molecule has 51 heavy (non-hydrogen) atoms. The third-order valence-electron chi connectivity index (χ3n) is 9.82. The van der Waals surface area contributed by atoms with Crippen molar-refractivity contribution in [2.75, 3.05) is 4.90 Å². The van der Waals surface area contributed by atoms with Crippen LogP contribution >= 0.6 is 0 Å². The highest BCUT2D eigenvalue weighted by Crippen LogP contribution is 2.41. The first-order valence-electron chi connectivity index (χ1n) is 17.2. The molecule has 0 amide bonds. The van der Waals surface area contributed by atoms with E-state index in [0.29, 0.717) is 5.89 Å². The Bertz CT molecular complexity index is 2830. The molecule has 2 aromatic heterocycles. The van der Waals surface area contributed by atoms with Crippen molar-refractivity contribution in [1.29, 1.82) is 0 Å². The summed E-state index contributed by atoms with van der Waals surface area (Å²) in [6, 6.07) is 66.3. The lowest BCUT2D eigenvalue weighted by atomic mass is 10.0. The van der Waals surface area contributed by atoms with Gasteiger partial charge in [-0.15, -0.1) is 0 Å². The number of hydrogen-bond acceptors (Lipinski definition) is 3. The molecule has 0 unspecified atom stereocenters. The summed E-state index contributed by atoms with van der Waals surface area (Å²) in [5, 5.41) is 4.70. The Hall–Kier alpha value is -6.91. The summed E-state index contributed by atoms with van der Waals surface area (Å²) in [6.45, 7) is 0. The van der Waals surface area contributed by atoms with Crippen molar-refractivity contribution in [2.45, 2.75) is 0 Å². The maximum absolute atomic E-state index is 6.29. The molecule has 0 aliphatic carbocycles. The van der Waals surface area contributed by atoms with E-state index in [0.717, 1.165) is 55.7 Å².